The molecule has 2 aromatic carbocycles. The minimum atomic E-state index is -0.522. The number of nitrogens with one attached hydrogen (secondary N) is 2. The predicted octanol–water partition coefficient (Wildman–Crippen LogP) is 3.54. The number of ether oxygens (including phenoxy) is 1. The molecule has 8 heteroatoms. The van der Waals surface area contributed by atoms with E-state index in [-0.39, 0.29) is 18.9 Å². The molecule has 0 atom stereocenters. The lowest BCUT2D eigenvalue weighted by Gasteiger charge is -2.10. The second kappa shape index (κ2) is 11.5. The van der Waals surface area contributed by atoms with E-state index in [2.05, 4.69) is 26.6 Å². The average Bonchev–Trinajstić information content (AvgIpc) is 2.68. The molecule has 2 aromatic rings. The lowest BCUT2D eigenvalue weighted by Crippen LogP contribution is -2.35. The molecule has 148 valence electrons. The molecule has 2 N–H and O–H groups in total. The van der Waals surface area contributed by atoms with Crippen LogP contribution in [0.15, 0.2) is 57.9 Å². The summed E-state index contributed by atoms with van der Waals surface area (Å²) in [6.07, 6.45) is 0.205. The Morgan fingerprint density at radius 1 is 1.07 bits per heavy atom. The smallest absolute Gasteiger partial charge is 0.307 e. The monoisotopic (exact) mass is 464 g/mol. The van der Waals surface area contributed by atoms with Gasteiger partial charge in [0, 0.05) is 20.8 Å². The summed E-state index contributed by atoms with van der Waals surface area (Å²) in [5.74, 6) is -0.760. The quantitative estimate of drug-likeness (QED) is 0.437. The lowest BCUT2D eigenvalue weighted by molar-refractivity contribution is -0.148. The number of hydrogen-bond acceptors (Lipinski definition) is 5. The first kappa shape index (κ1) is 22.0. The maximum Gasteiger partial charge on any atom is 0.307 e. The molecule has 0 heterocycles. The highest BCUT2D eigenvalue weighted by atomic mass is 79.9. The molecule has 28 heavy (non-hydrogen) atoms. The summed E-state index contributed by atoms with van der Waals surface area (Å²) < 4.78 is 5.84. The van der Waals surface area contributed by atoms with Crippen molar-refractivity contribution >= 4 is 51.2 Å². The number of benzene rings is 2. The highest BCUT2D eigenvalue weighted by Crippen LogP contribution is 2.20. The summed E-state index contributed by atoms with van der Waals surface area (Å²) in [6.45, 7) is 1.27. The van der Waals surface area contributed by atoms with Crippen LogP contribution in [0.2, 0.25) is 0 Å². The summed E-state index contributed by atoms with van der Waals surface area (Å²) in [6, 6.07) is 15.2. The summed E-state index contributed by atoms with van der Waals surface area (Å²) in [7, 11) is 0. The highest BCUT2D eigenvalue weighted by Gasteiger charge is 2.10. The first-order valence-electron chi connectivity index (χ1n) is 8.60. The van der Waals surface area contributed by atoms with Gasteiger partial charge in [-0.2, -0.15) is 0 Å². The maximum atomic E-state index is 11.9. The molecule has 0 aliphatic carbocycles. The van der Waals surface area contributed by atoms with Gasteiger partial charge in [0.25, 0.3) is 5.91 Å². The van der Waals surface area contributed by atoms with Crippen LogP contribution in [0.25, 0.3) is 0 Å². The van der Waals surface area contributed by atoms with Gasteiger partial charge in [-0.1, -0.05) is 34.1 Å². The molecule has 0 unspecified atom stereocenters. The van der Waals surface area contributed by atoms with Crippen LogP contribution in [-0.4, -0.2) is 36.7 Å². The van der Waals surface area contributed by atoms with Crippen molar-refractivity contribution in [3.63, 3.8) is 0 Å². The van der Waals surface area contributed by atoms with Gasteiger partial charge in [-0.15, -0.1) is 11.8 Å². The molecular formula is C20H21BrN2O4S. The van der Waals surface area contributed by atoms with E-state index in [4.69, 9.17) is 4.74 Å². The Kier molecular flexibility index (Phi) is 9.03. The summed E-state index contributed by atoms with van der Waals surface area (Å²) in [5.41, 5.74) is 1.57. The Morgan fingerprint density at radius 2 is 1.82 bits per heavy atom. The van der Waals surface area contributed by atoms with Crippen LogP contribution < -0.4 is 10.6 Å². The van der Waals surface area contributed by atoms with E-state index in [1.165, 1.54) is 0 Å². The van der Waals surface area contributed by atoms with E-state index >= 15 is 0 Å². The zero-order valence-electron chi connectivity index (χ0n) is 15.4. The fourth-order valence-corrected chi connectivity index (χ4v) is 3.51. The van der Waals surface area contributed by atoms with Gasteiger partial charge in [-0.3, -0.25) is 14.4 Å². The zero-order valence-corrected chi connectivity index (χ0v) is 17.8. The number of esters is 1. The minimum absolute atomic E-state index is 0.199. The molecular weight excluding hydrogens is 444 g/mol. The van der Waals surface area contributed by atoms with Crippen LogP contribution >= 0.6 is 27.7 Å². The van der Waals surface area contributed by atoms with E-state index in [1.807, 2.05) is 49.4 Å². The molecule has 0 fully saturated rings. The summed E-state index contributed by atoms with van der Waals surface area (Å²) >= 11 is 4.90. The van der Waals surface area contributed by atoms with Crippen LogP contribution in [-0.2, 0) is 19.1 Å². The average molecular weight is 465 g/mol. The van der Waals surface area contributed by atoms with Gasteiger partial charge in [0.15, 0.2) is 6.61 Å². The fourth-order valence-electron chi connectivity index (χ4n) is 2.18. The molecule has 0 aliphatic rings. The maximum absolute atomic E-state index is 11.9. The molecule has 0 radical (unpaired) electrons. The summed E-state index contributed by atoms with van der Waals surface area (Å²) in [5, 5.41) is 5.14. The molecule has 2 rings (SSSR count). The second-order valence-corrected chi connectivity index (χ2v) is 7.94. The largest absolute Gasteiger partial charge is 0.456 e. The number of carbonyl (C=O) groups excluding carboxylic acids is 3. The third-order valence-corrected chi connectivity index (χ3v) is 5.10. The Hall–Kier alpha value is -2.32. The van der Waals surface area contributed by atoms with E-state index in [9.17, 15) is 14.4 Å². The van der Waals surface area contributed by atoms with Gasteiger partial charge in [-0.25, -0.2) is 0 Å². The number of rotatable bonds is 9. The normalized spacial score (nSPS) is 10.2. The number of amides is 2. The van der Waals surface area contributed by atoms with Crippen molar-refractivity contribution in [2.75, 3.05) is 24.2 Å². The van der Waals surface area contributed by atoms with E-state index in [1.54, 1.807) is 17.8 Å². The number of anilines is 1. The van der Waals surface area contributed by atoms with Crippen LogP contribution in [0.4, 0.5) is 5.69 Å². The zero-order chi connectivity index (χ0) is 20.4. The second-order valence-electron chi connectivity index (χ2n) is 5.86. The standard InChI is InChI=1S/C20H21BrN2O4S/c1-14-11-15(21)7-8-17(14)23-18(24)12-22-19(25)13-27-20(26)9-10-28-16-5-3-2-4-6-16/h2-8,11H,9-10,12-13H2,1H3,(H,22,25)(H,23,24). The van der Waals surface area contributed by atoms with Crippen LogP contribution in [0.5, 0.6) is 0 Å². The van der Waals surface area contributed by atoms with Gasteiger partial charge >= 0.3 is 5.97 Å². The van der Waals surface area contributed by atoms with Crippen molar-refractivity contribution in [1.82, 2.24) is 5.32 Å². The number of hydrogen-bond donors (Lipinski definition) is 2. The Labute approximate surface area is 176 Å². The number of carbonyl (C=O) groups is 3. The SMILES string of the molecule is Cc1cc(Br)ccc1NC(=O)CNC(=O)COC(=O)CCSc1ccccc1. The minimum Gasteiger partial charge on any atom is -0.456 e. The fraction of sp³-hybridized carbons (Fsp3) is 0.250. The highest BCUT2D eigenvalue weighted by molar-refractivity contribution is 9.10. The van der Waals surface area contributed by atoms with Crippen molar-refractivity contribution in [3.8, 4) is 0 Å². The molecule has 6 nitrogen and oxygen atoms in total. The van der Waals surface area contributed by atoms with Crippen LogP contribution in [0.3, 0.4) is 0 Å². The van der Waals surface area contributed by atoms with Gasteiger partial charge in [0.2, 0.25) is 5.91 Å². The third kappa shape index (κ3) is 8.14. The Morgan fingerprint density at radius 3 is 2.54 bits per heavy atom. The number of halogens is 1. The van der Waals surface area contributed by atoms with Gasteiger partial charge in [0.1, 0.15) is 0 Å². The lowest BCUT2D eigenvalue weighted by atomic mass is 10.2. The van der Waals surface area contributed by atoms with Crippen molar-refractivity contribution in [3.05, 3.63) is 58.6 Å². The van der Waals surface area contributed by atoms with Gasteiger partial charge in [-0.05, 0) is 42.8 Å². The van der Waals surface area contributed by atoms with Crippen molar-refractivity contribution < 1.29 is 19.1 Å². The third-order valence-electron chi connectivity index (χ3n) is 3.59. The topological polar surface area (TPSA) is 84.5 Å². The van der Waals surface area contributed by atoms with Crippen LogP contribution in [0, 0.1) is 6.92 Å². The molecule has 2 amide bonds. The van der Waals surface area contributed by atoms with Crippen LogP contribution in [0.1, 0.15) is 12.0 Å². The van der Waals surface area contributed by atoms with E-state index in [0.29, 0.717) is 11.4 Å². The number of thioether (sulfide) groups is 1. The Balaban J connectivity index is 1.61. The molecule has 0 saturated heterocycles. The first-order valence-corrected chi connectivity index (χ1v) is 10.4. The summed E-state index contributed by atoms with van der Waals surface area (Å²) in [4.78, 5) is 36.4. The van der Waals surface area contributed by atoms with Gasteiger partial charge in [0.05, 0.1) is 13.0 Å². The Bertz CT molecular complexity index is 830. The first-order chi connectivity index (χ1) is 13.4. The molecule has 0 spiro atoms. The predicted molar refractivity (Wildman–Crippen MR) is 113 cm³/mol. The molecule has 0 saturated carbocycles. The van der Waals surface area contributed by atoms with Gasteiger partial charge < -0.3 is 15.4 Å². The van der Waals surface area contributed by atoms with E-state index in [0.717, 1.165) is 14.9 Å². The molecule has 0 bridgehead atoms. The number of aryl methyl sites for hydroxylation is 1. The van der Waals surface area contributed by atoms with Crippen molar-refractivity contribution in [2.24, 2.45) is 0 Å². The van der Waals surface area contributed by atoms with Crippen molar-refractivity contribution in [1.29, 1.82) is 0 Å². The molecule has 0 aliphatic heterocycles. The van der Waals surface area contributed by atoms with Crippen molar-refractivity contribution in [2.45, 2.75) is 18.2 Å². The molecule has 0 aromatic heterocycles. The van der Waals surface area contributed by atoms with E-state index < -0.39 is 18.5 Å².